The number of nitrogens with zero attached hydrogens (tertiary/aromatic N) is 1. The van der Waals surface area contributed by atoms with Gasteiger partial charge in [0, 0.05) is 17.6 Å². The van der Waals surface area contributed by atoms with Crippen molar-refractivity contribution in [1.29, 1.82) is 5.26 Å². The zero-order chi connectivity index (χ0) is 12.0. The minimum Gasteiger partial charge on any atom is -0.381 e. The Morgan fingerprint density at radius 2 is 2.31 bits per heavy atom. The van der Waals surface area contributed by atoms with Crippen LogP contribution in [0.15, 0.2) is 22.7 Å². The van der Waals surface area contributed by atoms with Crippen LogP contribution >= 0.6 is 15.9 Å². The monoisotopic (exact) mass is 282 g/mol. The number of anilines is 1. The Kier molecular flexibility index (Phi) is 5.30. The molecule has 1 rings (SSSR count). The van der Waals surface area contributed by atoms with Gasteiger partial charge in [-0.15, -0.1) is 0 Å². The first-order valence-corrected chi connectivity index (χ1v) is 6.01. The zero-order valence-electron chi connectivity index (χ0n) is 9.46. The lowest BCUT2D eigenvalue weighted by atomic mass is 10.2. The van der Waals surface area contributed by atoms with Gasteiger partial charge in [-0.1, -0.05) is 15.9 Å². The molecule has 0 saturated carbocycles. The van der Waals surface area contributed by atoms with Crippen molar-refractivity contribution < 1.29 is 4.74 Å². The highest BCUT2D eigenvalue weighted by atomic mass is 79.9. The van der Waals surface area contributed by atoms with E-state index in [0.717, 1.165) is 10.2 Å². The first-order chi connectivity index (χ1) is 7.67. The normalized spacial score (nSPS) is 11.9. The van der Waals surface area contributed by atoms with Gasteiger partial charge in [-0.3, -0.25) is 0 Å². The molecule has 0 saturated heterocycles. The maximum Gasteiger partial charge on any atom is 0.101 e. The number of ether oxygens (including phenoxy) is 1. The van der Waals surface area contributed by atoms with E-state index in [0.29, 0.717) is 18.7 Å². The van der Waals surface area contributed by atoms with Crippen LogP contribution < -0.4 is 5.32 Å². The second-order valence-electron chi connectivity index (χ2n) is 3.45. The summed E-state index contributed by atoms with van der Waals surface area (Å²) in [5.41, 5.74) is 1.48. The average Bonchev–Trinajstić information content (AvgIpc) is 2.27. The molecule has 3 nitrogen and oxygen atoms in total. The topological polar surface area (TPSA) is 45.0 Å². The van der Waals surface area contributed by atoms with E-state index in [4.69, 9.17) is 10.00 Å². The van der Waals surface area contributed by atoms with Crippen molar-refractivity contribution in [1.82, 2.24) is 0 Å². The van der Waals surface area contributed by atoms with Gasteiger partial charge in [-0.25, -0.2) is 0 Å². The Hall–Kier alpha value is -1.05. The molecular formula is C12H15BrN2O. The SMILES string of the molecule is CCOC(C)CNc1ccc(Br)cc1C#N. The molecule has 0 aromatic heterocycles. The Labute approximate surface area is 105 Å². The number of hydrogen-bond donors (Lipinski definition) is 1. The van der Waals surface area contributed by atoms with Crippen LogP contribution in [-0.4, -0.2) is 19.3 Å². The first-order valence-electron chi connectivity index (χ1n) is 5.22. The summed E-state index contributed by atoms with van der Waals surface area (Å²) in [6.07, 6.45) is 0.139. The molecule has 0 aliphatic rings. The van der Waals surface area contributed by atoms with Gasteiger partial charge in [0.25, 0.3) is 0 Å². The van der Waals surface area contributed by atoms with Gasteiger partial charge in [0.1, 0.15) is 6.07 Å². The molecule has 1 atom stereocenters. The van der Waals surface area contributed by atoms with E-state index in [2.05, 4.69) is 27.3 Å². The number of hydrogen-bond acceptors (Lipinski definition) is 3. The molecule has 0 bridgehead atoms. The van der Waals surface area contributed by atoms with Crippen LogP contribution in [0.3, 0.4) is 0 Å². The van der Waals surface area contributed by atoms with E-state index >= 15 is 0 Å². The second-order valence-corrected chi connectivity index (χ2v) is 4.36. The molecule has 0 fully saturated rings. The van der Waals surface area contributed by atoms with Gasteiger partial charge in [-0.2, -0.15) is 5.26 Å². The summed E-state index contributed by atoms with van der Waals surface area (Å²) in [7, 11) is 0. The van der Waals surface area contributed by atoms with Crippen molar-refractivity contribution in [2.24, 2.45) is 0 Å². The van der Waals surface area contributed by atoms with E-state index in [-0.39, 0.29) is 6.10 Å². The lowest BCUT2D eigenvalue weighted by molar-refractivity contribution is 0.0855. The fraction of sp³-hybridized carbons (Fsp3) is 0.417. The molecule has 1 unspecified atom stereocenters. The third-order valence-corrected chi connectivity index (χ3v) is 2.63. The van der Waals surface area contributed by atoms with Gasteiger partial charge in [-0.05, 0) is 32.0 Å². The van der Waals surface area contributed by atoms with Crippen LogP contribution in [0.5, 0.6) is 0 Å². The summed E-state index contributed by atoms with van der Waals surface area (Å²) < 4.78 is 6.32. The summed E-state index contributed by atoms with van der Waals surface area (Å²) in [5, 5.41) is 12.2. The molecular weight excluding hydrogens is 268 g/mol. The fourth-order valence-corrected chi connectivity index (χ4v) is 1.72. The molecule has 0 radical (unpaired) electrons. The van der Waals surface area contributed by atoms with E-state index in [1.807, 2.05) is 26.0 Å². The third kappa shape index (κ3) is 3.84. The van der Waals surface area contributed by atoms with Gasteiger partial charge < -0.3 is 10.1 Å². The molecule has 0 aliphatic carbocycles. The highest BCUT2D eigenvalue weighted by Crippen LogP contribution is 2.20. The zero-order valence-corrected chi connectivity index (χ0v) is 11.0. The van der Waals surface area contributed by atoms with Crippen molar-refractivity contribution in [2.75, 3.05) is 18.5 Å². The van der Waals surface area contributed by atoms with Crippen LogP contribution in [0.25, 0.3) is 0 Å². The molecule has 86 valence electrons. The molecule has 1 aromatic carbocycles. The number of nitriles is 1. The van der Waals surface area contributed by atoms with Crippen LogP contribution in [0.4, 0.5) is 5.69 Å². The minimum atomic E-state index is 0.139. The Morgan fingerprint density at radius 3 is 2.94 bits per heavy atom. The Bertz CT molecular complexity index is 387. The van der Waals surface area contributed by atoms with E-state index in [9.17, 15) is 0 Å². The summed E-state index contributed by atoms with van der Waals surface area (Å²) in [4.78, 5) is 0. The fourth-order valence-electron chi connectivity index (χ4n) is 1.36. The van der Waals surface area contributed by atoms with Crippen molar-refractivity contribution >= 4 is 21.6 Å². The Morgan fingerprint density at radius 1 is 1.56 bits per heavy atom. The van der Waals surface area contributed by atoms with Crippen LogP contribution in [0, 0.1) is 11.3 Å². The highest BCUT2D eigenvalue weighted by molar-refractivity contribution is 9.10. The molecule has 4 heteroatoms. The lowest BCUT2D eigenvalue weighted by Gasteiger charge is -2.14. The summed E-state index contributed by atoms with van der Waals surface area (Å²) >= 11 is 3.34. The second kappa shape index (κ2) is 6.51. The predicted octanol–water partition coefficient (Wildman–Crippen LogP) is 3.16. The summed E-state index contributed by atoms with van der Waals surface area (Å²) in [6.45, 7) is 5.37. The van der Waals surface area contributed by atoms with Crippen LogP contribution in [-0.2, 0) is 4.74 Å². The average molecular weight is 283 g/mol. The molecule has 1 N–H and O–H groups in total. The molecule has 0 aliphatic heterocycles. The van der Waals surface area contributed by atoms with Crippen LogP contribution in [0.1, 0.15) is 19.4 Å². The smallest absolute Gasteiger partial charge is 0.101 e. The number of rotatable bonds is 5. The van der Waals surface area contributed by atoms with Crippen molar-refractivity contribution in [3.63, 3.8) is 0 Å². The predicted molar refractivity (Wildman–Crippen MR) is 68.4 cm³/mol. The lowest BCUT2D eigenvalue weighted by Crippen LogP contribution is -2.20. The standard InChI is InChI=1S/C12H15BrN2O/c1-3-16-9(2)8-15-12-5-4-11(13)6-10(12)7-14/h4-6,9,15H,3,8H2,1-2H3. The van der Waals surface area contributed by atoms with Crippen LogP contribution in [0.2, 0.25) is 0 Å². The largest absolute Gasteiger partial charge is 0.381 e. The van der Waals surface area contributed by atoms with E-state index in [1.54, 1.807) is 6.07 Å². The molecule has 0 spiro atoms. The quantitative estimate of drug-likeness (QED) is 0.902. The summed E-state index contributed by atoms with van der Waals surface area (Å²) in [6, 6.07) is 7.76. The van der Waals surface area contributed by atoms with Gasteiger partial charge in [0.2, 0.25) is 0 Å². The van der Waals surface area contributed by atoms with E-state index < -0.39 is 0 Å². The van der Waals surface area contributed by atoms with Crippen molar-refractivity contribution in [2.45, 2.75) is 20.0 Å². The third-order valence-electron chi connectivity index (χ3n) is 2.13. The maximum absolute atomic E-state index is 8.97. The molecule has 0 heterocycles. The molecule has 16 heavy (non-hydrogen) atoms. The molecule has 1 aromatic rings. The van der Waals surface area contributed by atoms with Gasteiger partial charge in [0.05, 0.1) is 17.4 Å². The minimum absolute atomic E-state index is 0.139. The summed E-state index contributed by atoms with van der Waals surface area (Å²) in [5.74, 6) is 0. The van der Waals surface area contributed by atoms with Gasteiger partial charge >= 0.3 is 0 Å². The van der Waals surface area contributed by atoms with Crippen molar-refractivity contribution in [3.8, 4) is 6.07 Å². The van der Waals surface area contributed by atoms with Gasteiger partial charge in [0.15, 0.2) is 0 Å². The Balaban J connectivity index is 2.64. The molecule has 0 amide bonds. The van der Waals surface area contributed by atoms with Crippen molar-refractivity contribution in [3.05, 3.63) is 28.2 Å². The maximum atomic E-state index is 8.97. The highest BCUT2D eigenvalue weighted by Gasteiger charge is 2.04. The first kappa shape index (κ1) is 13.0. The number of halogens is 1. The number of nitrogens with one attached hydrogen (secondary N) is 1. The number of benzene rings is 1. The van der Waals surface area contributed by atoms with E-state index in [1.165, 1.54) is 0 Å².